The molecule has 78 valence electrons. The smallest absolute Gasteiger partial charge is 0.133 e. The fraction of sp³-hybridized carbons (Fsp3) is 0.286. The first-order valence-corrected chi connectivity index (χ1v) is 5.64. The van der Waals surface area contributed by atoms with Crippen molar-refractivity contribution in [2.24, 2.45) is 0 Å². The van der Waals surface area contributed by atoms with Crippen LogP contribution in [0, 0.1) is 0 Å². The maximum absolute atomic E-state index is 2.33. The summed E-state index contributed by atoms with van der Waals surface area (Å²) in [6.45, 7) is 5.38. The Morgan fingerprint density at radius 2 is 2.13 bits per heavy atom. The summed E-state index contributed by atoms with van der Waals surface area (Å²) in [5, 5.41) is 2.33. The predicted molar refractivity (Wildman–Crippen MR) is 64.1 cm³/mol. The second-order valence-electron chi connectivity index (χ2n) is 3.85. The Morgan fingerprint density at radius 1 is 1.33 bits per heavy atom. The third-order valence-corrected chi connectivity index (χ3v) is 2.93. The Morgan fingerprint density at radius 3 is 2.87 bits per heavy atom. The molecule has 1 heterocycles. The molecule has 15 heavy (non-hydrogen) atoms. The molecule has 1 aliphatic rings. The summed E-state index contributed by atoms with van der Waals surface area (Å²) < 4.78 is 0. The number of fused-ring (bicyclic) bond motifs is 1. The van der Waals surface area contributed by atoms with Crippen LogP contribution in [0.2, 0.25) is 0 Å². The van der Waals surface area contributed by atoms with Gasteiger partial charge in [-0.3, -0.25) is 0 Å². The van der Waals surface area contributed by atoms with E-state index in [2.05, 4.69) is 55.6 Å². The highest BCUT2D eigenvalue weighted by molar-refractivity contribution is 5.72. The van der Waals surface area contributed by atoms with Crippen LogP contribution in [0.4, 0.5) is 0 Å². The maximum Gasteiger partial charge on any atom is 0.133 e. The van der Waals surface area contributed by atoms with Gasteiger partial charge in [-0.15, -0.1) is 0 Å². The molecule has 0 fully saturated rings. The van der Waals surface area contributed by atoms with E-state index in [0.717, 1.165) is 13.0 Å². The molecule has 1 aliphatic heterocycles. The van der Waals surface area contributed by atoms with Gasteiger partial charge in [0.25, 0.3) is 0 Å². The molecule has 0 aliphatic carbocycles. The van der Waals surface area contributed by atoms with Gasteiger partial charge in [0.2, 0.25) is 0 Å². The highest BCUT2D eigenvalue weighted by Gasteiger charge is 2.18. The molecule has 0 bridgehead atoms. The zero-order chi connectivity index (χ0) is 10.7. The minimum Gasteiger partial charge on any atom is -0.310 e. The Balaban J connectivity index is 2.53. The van der Waals surface area contributed by atoms with E-state index in [1.165, 1.54) is 22.4 Å². The first kappa shape index (κ1) is 10.2. The SMILES string of the molecule is CC=CC1=C(CC)c2ccccc2C[NH2+]1. The van der Waals surface area contributed by atoms with Crippen LogP contribution in [0.25, 0.3) is 5.57 Å². The van der Waals surface area contributed by atoms with Crippen molar-refractivity contribution in [2.45, 2.75) is 26.8 Å². The van der Waals surface area contributed by atoms with Crippen molar-refractivity contribution < 1.29 is 5.32 Å². The fourth-order valence-electron chi connectivity index (χ4n) is 2.23. The van der Waals surface area contributed by atoms with Gasteiger partial charge < -0.3 is 5.32 Å². The Hall–Kier alpha value is -1.34. The Bertz CT molecular complexity index is 413. The van der Waals surface area contributed by atoms with Crippen molar-refractivity contribution in [3.05, 3.63) is 53.2 Å². The molecule has 2 N–H and O–H groups in total. The van der Waals surface area contributed by atoms with E-state index < -0.39 is 0 Å². The quantitative estimate of drug-likeness (QED) is 0.755. The van der Waals surface area contributed by atoms with Gasteiger partial charge in [-0.05, 0) is 25.0 Å². The Labute approximate surface area is 91.5 Å². The zero-order valence-electron chi connectivity index (χ0n) is 9.46. The zero-order valence-corrected chi connectivity index (χ0v) is 9.46. The summed E-state index contributed by atoms with van der Waals surface area (Å²) in [5.41, 5.74) is 5.78. The topological polar surface area (TPSA) is 16.6 Å². The van der Waals surface area contributed by atoms with Gasteiger partial charge in [-0.25, -0.2) is 0 Å². The highest BCUT2D eigenvalue weighted by Crippen LogP contribution is 2.25. The van der Waals surface area contributed by atoms with Crippen LogP contribution < -0.4 is 5.32 Å². The fourth-order valence-corrected chi connectivity index (χ4v) is 2.23. The minimum absolute atomic E-state index is 1.07. The van der Waals surface area contributed by atoms with E-state index in [-0.39, 0.29) is 0 Å². The first-order valence-electron chi connectivity index (χ1n) is 5.64. The lowest BCUT2D eigenvalue weighted by molar-refractivity contribution is -0.619. The normalized spacial score (nSPS) is 15.9. The number of quaternary nitrogens is 1. The second kappa shape index (κ2) is 4.45. The third-order valence-electron chi connectivity index (χ3n) is 2.93. The average molecular weight is 200 g/mol. The number of hydrogen-bond donors (Lipinski definition) is 1. The highest BCUT2D eigenvalue weighted by atomic mass is 14.9. The van der Waals surface area contributed by atoms with Crippen molar-refractivity contribution in [2.75, 3.05) is 0 Å². The molecule has 1 nitrogen and oxygen atoms in total. The standard InChI is InChI=1S/C14H17N/c1-3-7-14-12(4-2)13-9-6-5-8-11(13)10-15-14/h3,5-9,15H,4,10H2,1-2H3/p+1. The molecule has 2 rings (SSSR count). The molecule has 1 aromatic rings. The molecule has 0 saturated carbocycles. The molecule has 0 spiro atoms. The Kier molecular flexibility index (Phi) is 3.02. The van der Waals surface area contributed by atoms with Crippen LogP contribution in [-0.2, 0) is 6.54 Å². The van der Waals surface area contributed by atoms with Crippen molar-refractivity contribution in [3.8, 4) is 0 Å². The average Bonchev–Trinajstić information content (AvgIpc) is 2.29. The lowest BCUT2D eigenvalue weighted by Gasteiger charge is -2.18. The first-order chi connectivity index (χ1) is 7.36. The van der Waals surface area contributed by atoms with Gasteiger partial charge in [0.1, 0.15) is 12.2 Å². The predicted octanol–water partition coefficient (Wildman–Crippen LogP) is 2.46. The van der Waals surface area contributed by atoms with E-state index in [1.807, 2.05) is 0 Å². The molecule has 1 heteroatoms. The molecular formula is C14H18N+. The lowest BCUT2D eigenvalue weighted by atomic mass is 9.93. The van der Waals surface area contributed by atoms with Crippen LogP contribution >= 0.6 is 0 Å². The molecule has 0 unspecified atom stereocenters. The molecular weight excluding hydrogens is 182 g/mol. The molecule has 0 aromatic heterocycles. The molecule has 0 amide bonds. The minimum atomic E-state index is 1.07. The monoisotopic (exact) mass is 200 g/mol. The van der Waals surface area contributed by atoms with E-state index in [1.54, 1.807) is 0 Å². The van der Waals surface area contributed by atoms with Crippen LogP contribution in [0.3, 0.4) is 0 Å². The van der Waals surface area contributed by atoms with Crippen molar-refractivity contribution in [1.29, 1.82) is 0 Å². The van der Waals surface area contributed by atoms with Crippen molar-refractivity contribution in [3.63, 3.8) is 0 Å². The van der Waals surface area contributed by atoms with Crippen LogP contribution in [-0.4, -0.2) is 0 Å². The van der Waals surface area contributed by atoms with E-state index >= 15 is 0 Å². The van der Waals surface area contributed by atoms with Crippen molar-refractivity contribution >= 4 is 5.57 Å². The molecule has 0 saturated heterocycles. The molecule has 0 atom stereocenters. The lowest BCUT2D eigenvalue weighted by Crippen LogP contribution is -2.81. The van der Waals surface area contributed by atoms with Gasteiger partial charge >= 0.3 is 0 Å². The summed E-state index contributed by atoms with van der Waals surface area (Å²) in [6, 6.07) is 8.73. The summed E-state index contributed by atoms with van der Waals surface area (Å²) >= 11 is 0. The van der Waals surface area contributed by atoms with E-state index in [9.17, 15) is 0 Å². The summed E-state index contributed by atoms with van der Waals surface area (Å²) in [5.74, 6) is 0. The number of hydrogen-bond acceptors (Lipinski definition) is 0. The second-order valence-corrected chi connectivity index (χ2v) is 3.85. The van der Waals surface area contributed by atoms with Gasteiger partial charge in [0.15, 0.2) is 0 Å². The van der Waals surface area contributed by atoms with Gasteiger partial charge in [-0.1, -0.05) is 37.3 Å². The van der Waals surface area contributed by atoms with Crippen LogP contribution in [0.15, 0.2) is 42.1 Å². The number of benzene rings is 1. The van der Waals surface area contributed by atoms with E-state index in [0.29, 0.717) is 0 Å². The molecule has 0 radical (unpaired) electrons. The maximum atomic E-state index is 2.33. The largest absolute Gasteiger partial charge is 0.310 e. The summed E-state index contributed by atoms with van der Waals surface area (Å²) in [7, 11) is 0. The van der Waals surface area contributed by atoms with Gasteiger partial charge in [0, 0.05) is 11.1 Å². The van der Waals surface area contributed by atoms with Crippen LogP contribution in [0.1, 0.15) is 31.4 Å². The summed E-state index contributed by atoms with van der Waals surface area (Å²) in [6.07, 6.45) is 5.44. The number of nitrogens with two attached hydrogens (primary N) is 1. The number of allylic oxidation sites excluding steroid dienone is 3. The van der Waals surface area contributed by atoms with Crippen molar-refractivity contribution in [1.82, 2.24) is 0 Å². The van der Waals surface area contributed by atoms with Crippen LogP contribution in [0.5, 0.6) is 0 Å². The summed E-state index contributed by atoms with van der Waals surface area (Å²) in [4.78, 5) is 0. The molecule has 1 aromatic carbocycles. The third kappa shape index (κ3) is 1.88. The van der Waals surface area contributed by atoms with E-state index in [4.69, 9.17) is 0 Å². The van der Waals surface area contributed by atoms with Gasteiger partial charge in [-0.2, -0.15) is 0 Å². The van der Waals surface area contributed by atoms with Gasteiger partial charge in [0.05, 0.1) is 0 Å². The number of rotatable bonds is 2.